The highest BCUT2D eigenvalue weighted by Gasteiger charge is 2.30. The number of halogens is 2. The first-order chi connectivity index (χ1) is 12.7. The lowest BCUT2D eigenvalue weighted by Gasteiger charge is -2.24. The average molecular weight is 416 g/mol. The predicted octanol–water partition coefficient (Wildman–Crippen LogP) is 4.91. The second kappa shape index (κ2) is 10.3. The number of rotatable bonds is 8. The first-order valence-corrected chi connectivity index (χ1v) is 9.20. The minimum absolute atomic E-state index is 0.0162. The van der Waals surface area contributed by atoms with E-state index in [0.717, 1.165) is 6.26 Å². The van der Waals surface area contributed by atoms with Crippen LogP contribution in [0.4, 0.5) is 10.5 Å². The van der Waals surface area contributed by atoms with Gasteiger partial charge in [-0.2, -0.15) is 0 Å². The van der Waals surface area contributed by atoms with Gasteiger partial charge in [0.15, 0.2) is 5.78 Å². The maximum atomic E-state index is 13.2. The van der Waals surface area contributed by atoms with Gasteiger partial charge in [-0.05, 0) is 26.0 Å². The Morgan fingerprint density at radius 3 is 2.30 bits per heavy atom. The SMILES string of the molecule is CCO/C=C(\C(=O)c1ccc(Cl)c(Cl)c1N(CC)C(=O)OC)C(=O)C(C)C. The molecule has 1 aromatic carbocycles. The van der Waals surface area contributed by atoms with Crippen molar-refractivity contribution in [3.63, 3.8) is 0 Å². The summed E-state index contributed by atoms with van der Waals surface area (Å²) in [5.74, 6) is -1.42. The van der Waals surface area contributed by atoms with Crippen LogP contribution in [0, 0.1) is 5.92 Å². The van der Waals surface area contributed by atoms with E-state index < -0.39 is 17.8 Å². The highest BCUT2D eigenvalue weighted by atomic mass is 35.5. The van der Waals surface area contributed by atoms with Crippen molar-refractivity contribution in [3.05, 3.63) is 39.6 Å². The van der Waals surface area contributed by atoms with E-state index in [1.165, 1.54) is 24.1 Å². The number of hydrogen-bond donors (Lipinski definition) is 0. The number of benzene rings is 1. The standard InChI is InChI=1S/C19H23Cl2NO5/c1-6-22(19(25)26-5)16-12(8-9-14(20)15(16)21)18(24)13(10-27-7-2)17(23)11(3)4/h8-11H,6-7H2,1-5H3/b13-10-. The second-order valence-electron chi connectivity index (χ2n) is 5.81. The molecule has 0 saturated carbocycles. The number of ether oxygens (including phenoxy) is 2. The van der Waals surface area contributed by atoms with Gasteiger partial charge in [-0.15, -0.1) is 0 Å². The molecule has 148 valence electrons. The highest BCUT2D eigenvalue weighted by molar-refractivity contribution is 6.45. The fraction of sp³-hybridized carbons (Fsp3) is 0.421. The Balaban J connectivity index is 3.64. The van der Waals surface area contributed by atoms with Crippen molar-refractivity contribution in [2.75, 3.05) is 25.2 Å². The Morgan fingerprint density at radius 1 is 1.19 bits per heavy atom. The van der Waals surface area contributed by atoms with Gasteiger partial charge >= 0.3 is 6.09 Å². The van der Waals surface area contributed by atoms with Crippen LogP contribution in [0.1, 0.15) is 38.1 Å². The van der Waals surface area contributed by atoms with Crippen LogP contribution in [-0.4, -0.2) is 37.9 Å². The van der Waals surface area contributed by atoms with Crippen molar-refractivity contribution in [1.82, 2.24) is 0 Å². The molecule has 0 N–H and O–H groups in total. The Morgan fingerprint density at radius 2 is 1.81 bits per heavy atom. The molecular formula is C19H23Cl2NO5. The maximum absolute atomic E-state index is 13.2. The number of carbonyl (C=O) groups is 3. The van der Waals surface area contributed by atoms with E-state index in [9.17, 15) is 14.4 Å². The Kier molecular flexibility index (Phi) is 8.79. The zero-order chi connectivity index (χ0) is 20.7. The molecule has 0 fully saturated rings. The molecule has 0 spiro atoms. The normalized spacial score (nSPS) is 11.3. The van der Waals surface area contributed by atoms with Gasteiger partial charge < -0.3 is 9.47 Å². The first-order valence-electron chi connectivity index (χ1n) is 8.45. The second-order valence-corrected chi connectivity index (χ2v) is 6.59. The largest absolute Gasteiger partial charge is 0.501 e. The van der Waals surface area contributed by atoms with Crippen LogP contribution >= 0.6 is 23.2 Å². The minimum Gasteiger partial charge on any atom is -0.501 e. The van der Waals surface area contributed by atoms with Gasteiger partial charge in [0, 0.05) is 18.0 Å². The van der Waals surface area contributed by atoms with E-state index in [4.69, 9.17) is 32.7 Å². The van der Waals surface area contributed by atoms with E-state index in [0.29, 0.717) is 6.61 Å². The monoisotopic (exact) mass is 415 g/mol. The lowest BCUT2D eigenvalue weighted by molar-refractivity contribution is -0.118. The van der Waals surface area contributed by atoms with E-state index in [1.807, 2.05) is 0 Å². The first kappa shape index (κ1) is 23.0. The maximum Gasteiger partial charge on any atom is 0.414 e. The molecule has 1 rings (SSSR count). The Bertz CT molecular complexity index is 759. The van der Waals surface area contributed by atoms with Crippen LogP contribution in [0.25, 0.3) is 0 Å². The summed E-state index contributed by atoms with van der Waals surface area (Å²) in [5, 5.41) is 0.179. The zero-order valence-electron chi connectivity index (χ0n) is 16.0. The zero-order valence-corrected chi connectivity index (χ0v) is 17.5. The van der Waals surface area contributed by atoms with Gasteiger partial charge in [-0.1, -0.05) is 37.0 Å². The van der Waals surface area contributed by atoms with Gasteiger partial charge in [-0.25, -0.2) is 4.79 Å². The van der Waals surface area contributed by atoms with Crippen molar-refractivity contribution in [1.29, 1.82) is 0 Å². The van der Waals surface area contributed by atoms with E-state index in [-0.39, 0.29) is 39.2 Å². The van der Waals surface area contributed by atoms with Crippen LogP contribution in [0.3, 0.4) is 0 Å². The number of amides is 1. The number of carbonyl (C=O) groups excluding carboxylic acids is 3. The summed E-state index contributed by atoms with van der Waals surface area (Å²) in [4.78, 5) is 39.0. The molecular weight excluding hydrogens is 393 g/mol. The summed E-state index contributed by atoms with van der Waals surface area (Å²) >= 11 is 12.4. The third-order valence-corrected chi connectivity index (χ3v) is 4.49. The molecule has 27 heavy (non-hydrogen) atoms. The summed E-state index contributed by atoms with van der Waals surface area (Å²) < 4.78 is 9.96. The summed E-state index contributed by atoms with van der Waals surface area (Å²) in [7, 11) is 1.22. The van der Waals surface area contributed by atoms with Gasteiger partial charge in [0.1, 0.15) is 5.57 Å². The molecule has 0 atom stereocenters. The number of Topliss-reactive ketones (excluding diaryl/α,β-unsaturated/α-hetero) is 2. The Labute approximate surface area is 169 Å². The van der Waals surface area contributed by atoms with E-state index >= 15 is 0 Å². The van der Waals surface area contributed by atoms with E-state index in [1.54, 1.807) is 27.7 Å². The lowest BCUT2D eigenvalue weighted by atomic mass is 9.94. The summed E-state index contributed by atoms with van der Waals surface area (Å²) in [6.45, 7) is 7.25. The number of allylic oxidation sites excluding steroid dienone is 1. The molecule has 0 aliphatic heterocycles. The van der Waals surface area contributed by atoms with Gasteiger partial charge in [0.25, 0.3) is 0 Å². The predicted molar refractivity (Wildman–Crippen MR) is 106 cm³/mol. The van der Waals surface area contributed by atoms with Crippen molar-refractivity contribution >= 4 is 46.5 Å². The topological polar surface area (TPSA) is 72.9 Å². The number of anilines is 1. The van der Waals surface area contributed by atoms with Crippen molar-refractivity contribution < 1.29 is 23.9 Å². The number of nitrogens with zero attached hydrogens (tertiary/aromatic N) is 1. The van der Waals surface area contributed by atoms with Gasteiger partial charge in [0.05, 0.1) is 35.7 Å². The summed E-state index contributed by atoms with van der Waals surface area (Å²) in [5.41, 5.74) is 0.00600. The summed E-state index contributed by atoms with van der Waals surface area (Å²) in [6, 6.07) is 2.86. The molecule has 0 bridgehead atoms. The number of hydrogen-bond acceptors (Lipinski definition) is 5. The molecule has 0 heterocycles. The van der Waals surface area contributed by atoms with E-state index in [2.05, 4.69) is 0 Å². The third-order valence-electron chi connectivity index (χ3n) is 3.70. The van der Waals surface area contributed by atoms with Gasteiger partial charge in [0.2, 0.25) is 5.78 Å². The van der Waals surface area contributed by atoms with Crippen molar-refractivity contribution in [3.8, 4) is 0 Å². The molecule has 0 unspecified atom stereocenters. The smallest absolute Gasteiger partial charge is 0.414 e. The third kappa shape index (κ3) is 5.23. The highest BCUT2D eigenvalue weighted by Crippen LogP contribution is 2.37. The fourth-order valence-corrected chi connectivity index (χ4v) is 2.74. The molecule has 0 radical (unpaired) electrons. The quantitative estimate of drug-likeness (QED) is 0.198. The molecule has 1 amide bonds. The molecule has 8 heteroatoms. The summed E-state index contributed by atoms with van der Waals surface area (Å²) in [6.07, 6.45) is 0.437. The molecule has 6 nitrogen and oxygen atoms in total. The molecule has 0 aliphatic carbocycles. The number of methoxy groups -OCH3 is 1. The molecule has 0 saturated heterocycles. The van der Waals surface area contributed by atoms with Crippen LogP contribution in [0.5, 0.6) is 0 Å². The number of ketones is 2. The van der Waals surface area contributed by atoms with Crippen molar-refractivity contribution in [2.45, 2.75) is 27.7 Å². The van der Waals surface area contributed by atoms with Crippen LogP contribution in [-0.2, 0) is 14.3 Å². The Hall–Kier alpha value is -2.05. The van der Waals surface area contributed by atoms with Crippen molar-refractivity contribution in [2.24, 2.45) is 5.92 Å². The van der Waals surface area contributed by atoms with Crippen LogP contribution in [0.15, 0.2) is 24.0 Å². The molecule has 0 aromatic heterocycles. The van der Waals surface area contributed by atoms with Crippen LogP contribution in [0.2, 0.25) is 10.0 Å². The molecule has 1 aromatic rings. The average Bonchev–Trinajstić information content (AvgIpc) is 2.65. The van der Waals surface area contributed by atoms with Gasteiger partial charge in [-0.3, -0.25) is 14.5 Å². The molecule has 0 aliphatic rings. The lowest BCUT2D eigenvalue weighted by Crippen LogP contribution is -2.32. The fourth-order valence-electron chi connectivity index (χ4n) is 2.32. The minimum atomic E-state index is -0.707. The van der Waals surface area contributed by atoms with Crippen LogP contribution < -0.4 is 4.90 Å².